The summed E-state index contributed by atoms with van der Waals surface area (Å²) in [5.41, 5.74) is 0.399. The fourth-order valence-electron chi connectivity index (χ4n) is 3.64. The van der Waals surface area contributed by atoms with Gasteiger partial charge in [0.15, 0.2) is 0 Å². The second-order valence-corrected chi connectivity index (χ2v) is 6.64. The molecule has 1 aromatic rings. The monoisotopic (exact) mass is 322 g/mol. The Kier molecular flexibility index (Phi) is 4.71. The summed E-state index contributed by atoms with van der Waals surface area (Å²) in [6.45, 7) is 3.06. The van der Waals surface area contributed by atoms with Crippen molar-refractivity contribution in [2.24, 2.45) is 0 Å². The molecule has 4 nitrogen and oxygen atoms in total. The van der Waals surface area contributed by atoms with Crippen LogP contribution in [0.5, 0.6) is 0 Å². The van der Waals surface area contributed by atoms with Gasteiger partial charge in [0.25, 0.3) is 0 Å². The van der Waals surface area contributed by atoms with Gasteiger partial charge in [0.05, 0.1) is 5.41 Å². The van der Waals surface area contributed by atoms with E-state index >= 15 is 0 Å². The molecule has 22 heavy (non-hydrogen) atoms. The van der Waals surface area contributed by atoms with Crippen LogP contribution in [0.1, 0.15) is 24.8 Å². The Labute approximate surface area is 136 Å². The summed E-state index contributed by atoms with van der Waals surface area (Å²) in [4.78, 5) is 15.3. The molecular weight excluding hydrogens is 300 g/mol. The molecule has 0 bridgehead atoms. The SMILES string of the molecule is CN(C(=O)C1(c2ccccc2Cl)CCOCC1)C1CCNC1. The number of likely N-dealkylation sites (N-methyl/N-ethyl adjacent to an activating group) is 1. The Bertz CT molecular complexity index is 537. The lowest BCUT2D eigenvalue weighted by Gasteiger charge is -2.41. The third-order valence-electron chi connectivity index (χ3n) is 5.05. The van der Waals surface area contributed by atoms with E-state index in [-0.39, 0.29) is 11.9 Å². The lowest BCUT2D eigenvalue weighted by atomic mass is 9.72. The van der Waals surface area contributed by atoms with E-state index in [0.29, 0.717) is 31.1 Å². The van der Waals surface area contributed by atoms with E-state index in [0.717, 1.165) is 25.1 Å². The van der Waals surface area contributed by atoms with Crippen LogP contribution in [0.25, 0.3) is 0 Å². The smallest absolute Gasteiger partial charge is 0.233 e. The van der Waals surface area contributed by atoms with Gasteiger partial charge >= 0.3 is 0 Å². The van der Waals surface area contributed by atoms with E-state index in [1.165, 1.54) is 0 Å². The number of amides is 1. The number of nitrogens with zero attached hydrogens (tertiary/aromatic N) is 1. The minimum atomic E-state index is -0.548. The average molecular weight is 323 g/mol. The van der Waals surface area contributed by atoms with Crippen molar-refractivity contribution >= 4 is 17.5 Å². The van der Waals surface area contributed by atoms with Gasteiger partial charge < -0.3 is 15.0 Å². The third-order valence-corrected chi connectivity index (χ3v) is 5.38. The Morgan fingerprint density at radius 3 is 2.73 bits per heavy atom. The molecule has 1 amide bonds. The van der Waals surface area contributed by atoms with Crippen LogP contribution in [-0.4, -0.2) is 50.2 Å². The average Bonchev–Trinajstić information content (AvgIpc) is 3.09. The molecule has 2 aliphatic heterocycles. The molecule has 0 saturated carbocycles. The van der Waals surface area contributed by atoms with Crippen molar-refractivity contribution in [1.82, 2.24) is 10.2 Å². The fourth-order valence-corrected chi connectivity index (χ4v) is 3.96. The Morgan fingerprint density at radius 2 is 2.09 bits per heavy atom. The molecule has 120 valence electrons. The van der Waals surface area contributed by atoms with Crippen molar-refractivity contribution in [2.75, 3.05) is 33.4 Å². The molecule has 1 aromatic carbocycles. The first-order valence-electron chi connectivity index (χ1n) is 7.96. The molecule has 5 heteroatoms. The van der Waals surface area contributed by atoms with Crippen LogP contribution >= 0.6 is 11.6 Å². The van der Waals surface area contributed by atoms with Crippen molar-refractivity contribution in [3.05, 3.63) is 34.9 Å². The number of hydrogen-bond donors (Lipinski definition) is 1. The second kappa shape index (κ2) is 6.57. The minimum absolute atomic E-state index is 0.178. The molecule has 3 rings (SSSR count). The molecule has 2 fully saturated rings. The number of nitrogens with one attached hydrogen (secondary N) is 1. The number of halogens is 1. The van der Waals surface area contributed by atoms with E-state index in [9.17, 15) is 4.79 Å². The van der Waals surface area contributed by atoms with Crippen molar-refractivity contribution in [1.29, 1.82) is 0 Å². The maximum atomic E-state index is 13.3. The fraction of sp³-hybridized carbons (Fsp3) is 0.588. The summed E-state index contributed by atoms with van der Waals surface area (Å²) in [5.74, 6) is 0.178. The van der Waals surface area contributed by atoms with Crippen molar-refractivity contribution in [2.45, 2.75) is 30.7 Å². The highest BCUT2D eigenvalue weighted by atomic mass is 35.5. The topological polar surface area (TPSA) is 41.6 Å². The lowest BCUT2D eigenvalue weighted by molar-refractivity contribution is -0.141. The van der Waals surface area contributed by atoms with Gasteiger partial charge in [-0.2, -0.15) is 0 Å². The van der Waals surface area contributed by atoms with Crippen LogP contribution in [0, 0.1) is 0 Å². The third kappa shape index (κ3) is 2.75. The highest BCUT2D eigenvalue weighted by Crippen LogP contribution is 2.40. The van der Waals surface area contributed by atoms with Gasteiger partial charge in [0, 0.05) is 37.9 Å². The molecule has 2 aliphatic rings. The molecule has 1 atom stereocenters. The van der Waals surface area contributed by atoms with Crippen LogP contribution in [0.3, 0.4) is 0 Å². The maximum absolute atomic E-state index is 13.3. The molecule has 0 aliphatic carbocycles. The molecule has 1 N–H and O–H groups in total. The summed E-state index contributed by atoms with van der Waals surface area (Å²) in [6.07, 6.45) is 2.40. The van der Waals surface area contributed by atoms with E-state index in [2.05, 4.69) is 5.32 Å². The van der Waals surface area contributed by atoms with Crippen LogP contribution in [0.2, 0.25) is 5.02 Å². The van der Waals surface area contributed by atoms with E-state index < -0.39 is 5.41 Å². The molecule has 1 unspecified atom stereocenters. The molecule has 0 spiro atoms. The van der Waals surface area contributed by atoms with Gasteiger partial charge in [-0.3, -0.25) is 4.79 Å². The first-order valence-corrected chi connectivity index (χ1v) is 8.34. The highest BCUT2D eigenvalue weighted by molar-refractivity contribution is 6.31. The van der Waals surface area contributed by atoms with E-state index in [1.807, 2.05) is 36.2 Å². The van der Waals surface area contributed by atoms with Gasteiger partial charge in [0.1, 0.15) is 0 Å². The zero-order chi connectivity index (χ0) is 15.6. The quantitative estimate of drug-likeness (QED) is 0.927. The molecule has 0 aromatic heterocycles. The second-order valence-electron chi connectivity index (χ2n) is 6.24. The molecular formula is C17H23ClN2O2. The van der Waals surface area contributed by atoms with E-state index in [4.69, 9.17) is 16.3 Å². The molecule has 2 saturated heterocycles. The molecule has 2 heterocycles. The van der Waals surface area contributed by atoms with Gasteiger partial charge in [-0.15, -0.1) is 0 Å². The van der Waals surface area contributed by atoms with Crippen molar-refractivity contribution in [3.8, 4) is 0 Å². The van der Waals surface area contributed by atoms with E-state index in [1.54, 1.807) is 0 Å². The predicted molar refractivity (Wildman–Crippen MR) is 87.2 cm³/mol. The number of carbonyl (C=O) groups excluding carboxylic acids is 1. The number of ether oxygens (including phenoxy) is 1. The minimum Gasteiger partial charge on any atom is -0.381 e. The Hall–Kier alpha value is -1.10. The lowest BCUT2D eigenvalue weighted by Crippen LogP contribution is -2.52. The van der Waals surface area contributed by atoms with Crippen LogP contribution in [-0.2, 0) is 14.9 Å². The summed E-state index contributed by atoms with van der Waals surface area (Å²) in [5, 5.41) is 4.01. The summed E-state index contributed by atoms with van der Waals surface area (Å²) < 4.78 is 5.52. The van der Waals surface area contributed by atoms with Gasteiger partial charge in [-0.25, -0.2) is 0 Å². The van der Waals surface area contributed by atoms with Crippen molar-refractivity contribution in [3.63, 3.8) is 0 Å². The zero-order valence-corrected chi connectivity index (χ0v) is 13.7. The number of rotatable bonds is 3. The Morgan fingerprint density at radius 1 is 1.36 bits per heavy atom. The summed E-state index contributed by atoms with van der Waals surface area (Å²) in [7, 11) is 1.92. The summed E-state index contributed by atoms with van der Waals surface area (Å²) in [6, 6.07) is 8.01. The van der Waals surface area contributed by atoms with Gasteiger partial charge in [-0.05, 0) is 37.4 Å². The highest BCUT2D eigenvalue weighted by Gasteiger charge is 2.45. The summed E-state index contributed by atoms with van der Waals surface area (Å²) >= 11 is 6.43. The van der Waals surface area contributed by atoms with Gasteiger partial charge in [-0.1, -0.05) is 29.8 Å². The maximum Gasteiger partial charge on any atom is 0.233 e. The van der Waals surface area contributed by atoms with Crippen LogP contribution in [0.4, 0.5) is 0 Å². The first-order chi connectivity index (χ1) is 10.6. The zero-order valence-electron chi connectivity index (χ0n) is 13.0. The van der Waals surface area contributed by atoms with Crippen molar-refractivity contribution < 1.29 is 9.53 Å². The molecule has 0 radical (unpaired) electrons. The standard InChI is InChI=1S/C17H23ClN2O2/c1-20(13-6-9-19-12-13)16(21)17(7-10-22-11-8-17)14-4-2-3-5-15(14)18/h2-5,13,19H,6-12H2,1H3. The largest absolute Gasteiger partial charge is 0.381 e. The predicted octanol–water partition coefficient (Wildman–Crippen LogP) is 2.21. The number of benzene rings is 1. The first kappa shape index (κ1) is 15.8. The van der Waals surface area contributed by atoms with Crippen LogP contribution in [0.15, 0.2) is 24.3 Å². The van der Waals surface area contributed by atoms with Crippen LogP contribution < -0.4 is 5.32 Å². The Balaban J connectivity index is 1.95. The normalized spacial score (nSPS) is 24.2. The number of hydrogen-bond acceptors (Lipinski definition) is 3. The van der Waals surface area contributed by atoms with Gasteiger partial charge in [0.2, 0.25) is 5.91 Å². The number of carbonyl (C=O) groups is 1.